The van der Waals surface area contributed by atoms with Gasteiger partial charge in [0.1, 0.15) is 0 Å². The van der Waals surface area contributed by atoms with Crippen LogP contribution in [0, 0.1) is 11.3 Å². The van der Waals surface area contributed by atoms with Crippen molar-refractivity contribution in [3.05, 3.63) is 18.0 Å². The Hall–Kier alpha value is -1.36. The van der Waals surface area contributed by atoms with Crippen LogP contribution in [0.2, 0.25) is 0 Å². The molecule has 138 valence electrons. The van der Waals surface area contributed by atoms with Gasteiger partial charge in [0.2, 0.25) is 5.91 Å². The third-order valence-electron chi connectivity index (χ3n) is 6.33. The summed E-state index contributed by atoms with van der Waals surface area (Å²) in [4.78, 5) is 15.2. The van der Waals surface area contributed by atoms with E-state index in [-0.39, 0.29) is 11.0 Å². The molecule has 1 saturated carbocycles. The molecule has 0 atom stereocenters. The molecule has 3 aliphatic heterocycles. The number of likely N-dealkylation sites (tertiary alicyclic amines) is 1. The lowest BCUT2D eigenvalue weighted by atomic mass is 9.55. The zero-order valence-electron chi connectivity index (χ0n) is 15.8. The van der Waals surface area contributed by atoms with Gasteiger partial charge in [-0.1, -0.05) is 13.8 Å². The van der Waals surface area contributed by atoms with E-state index in [1.165, 1.54) is 5.56 Å². The van der Waals surface area contributed by atoms with Gasteiger partial charge in [0.25, 0.3) is 0 Å². The van der Waals surface area contributed by atoms with Crippen LogP contribution in [-0.4, -0.2) is 45.9 Å². The van der Waals surface area contributed by atoms with Crippen molar-refractivity contribution in [1.29, 1.82) is 0 Å². The van der Waals surface area contributed by atoms with Gasteiger partial charge in [-0.05, 0) is 56.9 Å². The highest BCUT2D eigenvalue weighted by Gasteiger charge is 2.60. The van der Waals surface area contributed by atoms with Gasteiger partial charge in [-0.3, -0.25) is 9.48 Å². The predicted octanol–water partition coefficient (Wildman–Crippen LogP) is 3.20. The van der Waals surface area contributed by atoms with Crippen molar-refractivity contribution in [3.63, 3.8) is 0 Å². The first-order chi connectivity index (χ1) is 11.9. The fraction of sp³-hybridized carbons (Fsp3) is 0.800. The van der Waals surface area contributed by atoms with Gasteiger partial charge in [-0.25, -0.2) is 0 Å². The molecule has 1 aromatic rings. The molecule has 1 aromatic heterocycles. The molecule has 5 heteroatoms. The van der Waals surface area contributed by atoms with Gasteiger partial charge < -0.3 is 9.64 Å². The minimum Gasteiger partial charge on any atom is -0.375 e. The maximum absolute atomic E-state index is 13.1. The Morgan fingerprint density at radius 3 is 2.72 bits per heavy atom. The molecule has 25 heavy (non-hydrogen) atoms. The second-order valence-electron chi connectivity index (χ2n) is 9.13. The SMILES string of the molecule is CC(C)Cc1cnn(C2CCN(C(=O)C34CCOC(C)(C3)C4)CC2)c1. The van der Waals surface area contributed by atoms with E-state index in [1.54, 1.807) is 0 Å². The van der Waals surface area contributed by atoms with Crippen LogP contribution in [0.5, 0.6) is 0 Å². The van der Waals surface area contributed by atoms with Gasteiger partial charge in [-0.15, -0.1) is 0 Å². The maximum atomic E-state index is 13.1. The van der Waals surface area contributed by atoms with Crippen molar-refractivity contribution >= 4 is 5.91 Å². The molecule has 4 heterocycles. The van der Waals surface area contributed by atoms with Crippen LogP contribution in [0.3, 0.4) is 0 Å². The zero-order chi connectivity index (χ0) is 17.7. The first-order valence-electron chi connectivity index (χ1n) is 9.86. The average Bonchev–Trinajstić information content (AvgIpc) is 3.01. The van der Waals surface area contributed by atoms with Crippen molar-refractivity contribution in [3.8, 4) is 0 Å². The van der Waals surface area contributed by atoms with Crippen molar-refractivity contribution < 1.29 is 9.53 Å². The molecule has 0 unspecified atom stereocenters. The number of rotatable bonds is 4. The van der Waals surface area contributed by atoms with Crippen LogP contribution < -0.4 is 0 Å². The van der Waals surface area contributed by atoms with E-state index in [4.69, 9.17) is 4.74 Å². The molecule has 2 bridgehead atoms. The Morgan fingerprint density at radius 1 is 1.36 bits per heavy atom. The summed E-state index contributed by atoms with van der Waals surface area (Å²) < 4.78 is 7.95. The van der Waals surface area contributed by atoms with Crippen molar-refractivity contribution in [2.45, 2.75) is 70.9 Å². The van der Waals surface area contributed by atoms with Crippen LogP contribution >= 0.6 is 0 Å². The molecule has 4 aliphatic rings. The van der Waals surface area contributed by atoms with E-state index in [9.17, 15) is 4.79 Å². The number of fused-ring (bicyclic) bond motifs is 2. The summed E-state index contributed by atoms with van der Waals surface area (Å²) in [6.45, 7) is 9.09. The maximum Gasteiger partial charge on any atom is 0.229 e. The van der Waals surface area contributed by atoms with E-state index in [0.29, 0.717) is 17.9 Å². The van der Waals surface area contributed by atoms with E-state index in [1.807, 2.05) is 6.20 Å². The normalized spacial score (nSPS) is 32.7. The summed E-state index contributed by atoms with van der Waals surface area (Å²) in [5.74, 6) is 1.04. The lowest BCUT2D eigenvalue weighted by Crippen LogP contribution is -2.63. The Labute approximate surface area is 150 Å². The first kappa shape index (κ1) is 17.1. The van der Waals surface area contributed by atoms with Gasteiger partial charge in [0, 0.05) is 25.9 Å². The second-order valence-corrected chi connectivity index (χ2v) is 9.13. The molecule has 0 radical (unpaired) electrons. The Morgan fingerprint density at radius 2 is 2.08 bits per heavy atom. The lowest BCUT2D eigenvalue weighted by molar-refractivity contribution is -0.221. The zero-order valence-corrected chi connectivity index (χ0v) is 15.8. The minimum atomic E-state index is -0.115. The Balaban J connectivity index is 1.34. The van der Waals surface area contributed by atoms with Gasteiger partial charge in [-0.2, -0.15) is 5.10 Å². The highest BCUT2D eigenvalue weighted by Crippen LogP contribution is 2.57. The third kappa shape index (κ3) is 3.12. The van der Waals surface area contributed by atoms with Crippen molar-refractivity contribution in [2.75, 3.05) is 19.7 Å². The predicted molar refractivity (Wildman–Crippen MR) is 96.3 cm³/mol. The number of nitrogens with zero attached hydrogens (tertiary/aromatic N) is 3. The molecule has 5 rings (SSSR count). The molecular weight excluding hydrogens is 314 g/mol. The Kier molecular flexibility index (Phi) is 4.18. The number of hydrogen-bond acceptors (Lipinski definition) is 3. The molecule has 1 amide bonds. The fourth-order valence-electron chi connectivity index (χ4n) is 5.23. The molecule has 0 spiro atoms. The van der Waals surface area contributed by atoms with E-state index in [2.05, 4.69) is 41.6 Å². The minimum absolute atomic E-state index is 0.0336. The molecule has 5 nitrogen and oxygen atoms in total. The molecule has 1 aliphatic carbocycles. The summed E-state index contributed by atoms with van der Waals surface area (Å²) in [5.41, 5.74) is 1.17. The molecule has 3 saturated heterocycles. The van der Waals surface area contributed by atoms with Gasteiger partial charge in [0.15, 0.2) is 0 Å². The molecule has 0 N–H and O–H groups in total. The number of carbonyl (C=O) groups excluding carboxylic acids is 1. The monoisotopic (exact) mass is 345 g/mol. The van der Waals surface area contributed by atoms with E-state index in [0.717, 1.165) is 58.2 Å². The molecule has 4 fully saturated rings. The van der Waals surface area contributed by atoms with E-state index < -0.39 is 0 Å². The summed E-state index contributed by atoms with van der Waals surface area (Å²) in [6.07, 6.45) is 10.0. The molecule has 0 aromatic carbocycles. The van der Waals surface area contributed by atoms with Crippen LogP contribution in [0.25, 0.3) is 0 Å². The highest BCUT2D eigenvalue weighted by molar-refractivity contribution is 5.84. The standard InChI is InChI=1S/C20H31N3O2/c1-15(2)10-16-11-21-23(12-16)17-4-7-22(8-5-17)18(24)20-6-9-25-19(3,13-20)14-20/h11-12,15,17H,4-10,13-14H2,1-3H3. The number of ether oxygens (including phenoxy) is 1. The van der Waals surface area contributed by atoms with Crippen LogP contribution in [0.1, 0.15) is 64.5 Å². The van der Waals surface area contributed by atoms with E-state index >= 15 is 0 Å². The van der Waals surface area contributed by atoms with Gasteiger partial charge in [0.05, 0.1) is 23.3 Å². The largest absolute Gasteiger partial charge is 0.375 e. The fourth-order valence-corrected chi connectivity index (χ4v) is 5.23. The van der Waals surface area contributed by atoms with Crippen molar-refractivity contribution in [2.24, 2.45) is 11.3 Å². The summed E-state index contributed by atoms with van der Waals surface area (Å²) in [7, 11) is 0. The number of amides is 1. The first-order valence-corrected chi connectivity index (χ1v) is 9.86. The number of piperidine rings is 1. The van der Waals surface area contributed by atoms with Crippen LogP contribution in [0.15, 0.2) is 12.4 Å². The number of carbonyl (C=O) groups is 1. The Bertz CT molecular complexity index is 637. The highest BCUT2D eigenvalue weighted by atomic mass is 16.5. The topological polar surface area (TPSA) is 47.4 Å². The smallest absolute Gasteiger partial charge is 0.229 e. The lowest BCUT2D eigenvalue weighted by Gasteiger charge is -2.58. The summed E-state index contributed by atoms with van der Waals surface area (Å²) in [5, 5.41) is 4.58. The second kappa shape index (κ2) is 6.11. The summed E-state index contributed by atoms with van der Waals surface area (Å²) >= 11 is 0. The summed E-state index contributed by atoms with van der Waals surface area (Å²) in [6, 6.07) is 0.434. The van der Waals surface area contributed by atoms with Gasteiger partial charge >= 0.3 is 0 Å². The van der Waals surface area contributed by atoms with Crippen LogP contribution in [-0.2, 0) is 16.0 Å². The quantitative estimate of drug-likeness (QED) is 0.842. The molecular formula is C20H31N3O2. The van der Waals surface area contributed by atoms with Crippen molar-refractivity contribution in [1.82, 2.24) is 14.7 Å². The average molecular weight is 345 g/mol. The number of hydrogen-bond donors (Lipinski definition) is 0. The van der Waals surface area contributed by atoms with Crippen LogP contribution in [0.4, 0.5) is 0 Å². The number of aromatic nitrogens is 2. The third-order valence-corrected chi connectivity index (χ3v) is 6.33.